The maximum Gasteiger partial charge on any atom is 0.251 e. The molecule has 0 radical (unpaired) electrons. The second kappa shape index (κ2) is 5.76. The predicted octanol–water partition coefficient (Wildman–Crippen LogP) is 2.24. The maximum atomic E-state index is 11.6. The Bertz CT molecular complexity index is 689. The predicted molar refractivity (Wildman–Crippen MR) is 78.7 cm³/mol. The molecule has 0 saturated carbocycles. The minimum Gasteiger partial charge on any atom is -0.397 e. The number of hydrogen-bond acceptors (Lipinski definition) is 4. The largest absolute Gasteiger partial charge is 0.397 e. The van der Waals surface area contributed by atoms with Crippen molar-refractivity contribution in [3.05, 3.63) is 53.6 Å². The summed E-state index contributed by atoms with van der Waals surface area (Å²) in [5.74, 6) is -0.182. The molecule has 0 aliphatic heterocycles. The number of anilines is 3. The molecule has 0 aromatic heterocycles. The number of rotatable bonds is 3. The first-order valence-electron chi connectivity index (χ1n) is 6.03. The van der Waals surface area contributed by atoms with Crippen molar-refractivity contribution in [2.45, 2.75) is 0 Å². The molecule has 2 aromatic rings. The fourth-order valence-corrected chi connectivity index (χ4v) is 1.77. The van der Waals surface area contributed by atoms with Gasteiger partial charge in [0.1, 0.15) is 0 Å². The molecule has 5 heteroatoms. The van der Waals surface area contributed by atoms with E-state index in [1.165, 1.54) is 0 Å². The van der Waals surface area contributed by atoms with Crippen LogP contribution in [0.25, 0.3) is 0 Å². The van der Waals surface area contributed by atoms with E-state index in [1.807, 2.05) is 6.07 Å². The third-order valence-electron chi connectivity index (χ3n) is 2.81. The molecule has 0 aliphatic carbocycles. The van der Waals surface area contributed by atoms with Crippen molar-refractivity contribution < 1.29 is 4.79 Å². The molecule has 2 rings (SSSR count). The van der Waals surface area contributed by atoms with Gasteiger partial charge in [-0.05, 0) is 36.4 Å². The van der Waals surface area contributed by atoms with Gasteiger partial charge < -0.3 is 16.4 Å². The third-order valence-corrected chi connectivity index (χ3v) is 2.81. The van der Waals surface area contributed by atoms with Gasteiger partial charge in [0.25, 0.3) is 5.91 Å². The summed E-state index contributed by atoms with van der Waals surface area (Å²) in [6.07, 6.45) is 0. The van der Waals surface area contributed by atoms with Crippen LogP contribution in [0.2, 0.25) is 0 Å². The topological polar surface area (TPSA) is 90.9 Å². The maximum absolute atomic E-state index is 11.6. The Balaban J connectivity index is 2.33. The first kappa shape index (κ1) is 13.4. The Morgan fingerprint density at radius 1 is 1.25 bits per heavy atom. The van der Waals surface area contributed by atoms with Crippen LogP contribution in [0.1, 0.15) is 15.9 Å². The summed E-state index contributed by atoms with van der Waals surface area (Å²) in [6.45, 7) is 0. The SMILES string of the molecule is CNC(=O)c1ccc(N)c(Nc2cccc(C#N)c2)c1. The van der Waals surface area contributed by atoms with Crippen molar-refractivity contribution in [1.82, 2.24) is 5.32 Å². The van der Waals surface area contributed by atoms with E-state index in [9.17, 15) is 4.79 Å². The normalized spacial score (nSPS) is 9.60. The van der Waals surface area contributed by atoms with Gasteiger partial charge in [0, 0.05) is 18.3 Å². The Labute approximate surface area is 117 Å². The van der Waals surface area contributed by atoms with Gasteiger partial charge in [-0.25, -0.2) is 0 Å². The van der Waals surface area contributed by atoms with Gasteiger partial charge in [-0.15, -0.1) is 0 Å². The Hall–Kier alpha value is -3.00. The van der Waals surface area contributed by atoms with Crippen molar-refractivity contribution >= 4 is 23.0 Å². The first-order valence-corrected chi connectivity index (χ1v) is 6.03. The van der Waals surface area contributed by atoms with Crippen molar-refractivity contribution in [2.75, 3.05) is 18.1 Å². The van der Waals surface area contributed by atoms with Gasteiger partial charge in [-0.1, -0.05) is 6.07 Å². The Morgan fingerprint density at radius 3 is 2.75 bits per heavy atom. The molecule has 0 unspecified atom stereocenters. The highest BCUT2D eigenvalue weighted by molar-refractivity contribution is 5.96. The second-order valence-corrected chi connectivity index (χ2v) is 4.20. The standard InChI is InChI=1S/C15H14N4O/c1-18-15(20)11-5-6-13(17)14(8-11)19-12-4-2-3-10(7-12)9-16/h2-8,19H,17H2,1H3,(H,18,20). The number of benzene rings is 2. The van der Waals surface area contributed by atoms with Crippen LogP contribution >= 0.6 is 0 Å². The minimum absolute atomic E-state index is 0.182. The lowest BCUT2D eigenvalue weighted by Gasteiger charge is -2.11. The molecule has 20 heavy (non-hydrogen) atoms. The quantitative estimate of drug-likeness (QED) is 0.743. The zero-order valence-corrected chi connectivity index (χ0v) is 11.0. The van der Waals surface area contributed by atoms with Crippen molar-refractivity contribution in [3.63, 3.8) is 0 Å². The van der Waals surface area contributed by atoms with E-state index >= 15 is 0 Å². The van der Waals surface area contributed by atoms with Crippen LogP contribution in [0.15, 0.2) is 42.5 Å². The van der Waals surface area contributed by atoms with E-state index < -0.39 is 0 Å². The third kappa shape index (κ3) is 2.87. The van der Waals surface area contributed by atoms with E-state index in [2.05, 4.69) is 16.7 Å². The van der Waals surface area contributed by atoms with Crippen LogP contribution in [0.4, 0.5) is 17.1 Å². The lowest BCUT2D eigenvalue weighted by molar-refractivity contribution is 0.0963. The number of nitriles is 1. The molecule has 0 atom stereocenters. The van der Waals surface area contributed by atoms with Crippen LogP contribution in [-0.2, 0) is 0 Å². The lowest BCUT2D eigenvalue weighted by Crippen LogP contribution is -2.17. The summed E-state index contributed by atoms with van der Waals surface area (Å²) in [4.78, 5) is 11.6. The highest BCUT2D eigenvalue weighted by Gasteiger charge is 2.07. The average molecular weight is 266 g/mol. The molecule has 0 saturated heterocycles. The number of nitrogen functional groups attached to an aromatic ring is 1. The van der Waals surface area contributed by atoms with Gasteiger partial charge in [0.05, 0.1) is 23.0 Å². The molecule has 0 spiro atoms. The van der Waals surface area contributed by atoms with Crippen molar-refractivity contribution in [2.24, 2.45) is 0 Å². The van der Waals surface area contributed by atoms with Gasteiger partial charge in [-0.3, -0.25) is 4.79 Å². The summed E-state index contributed by atoms with van der Waals surface area (Å²) in [7, 11) is 1.57. The molecule has 4 N–H and O–H groups in total. The average Bonchev–Trinajstić information content (AvgIpc) is 2.49. The van der Waals surface area contributed by atoms with Gasteiger partial charge in [0.2, 0.25) is 0 Å². The van der Waals surface area contributed by atoms with Crippen LogP contribution in [0, 0.1) is 11.3 Å². The summed E-state index contributed by atoms with van der Waals surface area (Å²) < 4.78 is 0. The molecule has 100 valence electrons. The van der Waals surface area contributed by atoms with Crippen LogP contribution in [-0.4, -0.2) is 13.0 Å². The number of carbonyl (C=O) groups excluding carboxylic acids is 1. The van der Waals surface area contributed by atoms with Gasteiger partial charge in [-0.2, -0.15) is 5.26 Å². The van der Waals surface area contributed by atoms with E-state index in [-0.39, 0.29) is 5.91 Å². The first-order chi connectivity index (χ1) is 9.63. The summed E-state index contributed by atoms with van der Waals surface area (Å²) in [5, 5.41) is 14.5. The van der Waals surface area contributed by atoms with Crippen molar-refractivity contribution in [1.29, 1.82) is 5.26 Å². The number of nitrogens with one attached hydrogen (secondary N) is 2. The Morgan fingerprint density at radius 2 is 2.05 bits per heavy atom. The number of carbonyl (C=O) groups is 1. The van der Waals surface area contributed by atoms with Gasteiger partial charge >= 0.3 is 0 Å². The number of nitrogens with zero attached hydrogens (tertiary/aromatic N) is 1. The molecule has 0 fully saturated rings. The fraction of sp³-hybridized carbons (Fsp3) is 0.0667. The van der Waals surface area contributed by atoms with Crippen molar-refractivity contribution in [3.8, 4) is 6.07 Å². The zero-order chi connectivity index (χ0) is 14.5. The van der Waals surface area contributed by atoms with Crippen LogP contribution in [0.3, 0.4) is 0 Å². The lowest BCUT2D eigenvalue weighted by atomic mass is 10.1. The number of hydrogen-bond donors (Lipinski definition) is 3. The molecule has 5 nitrogen and oxygen atoms in total. The molecular weight excluding hydrogens is 252 g/mol. The number of amides is 1. The summed E-state index contributed by atoms with van der Waals surface area (Å²) in [5.41, 5.74) is 8.85. The summed E-state index contributed by atoms with van der Waals surface area (Å²) in [6, 6.07) is 14.1. The second-order valence-electron chi connectivity index (χ2n) is 4.20. The van der Waals surface area contributed by atoms with E-state index in [4.69, 9.17) is 11.0 Å². The van der Waals surface area contributed by atoms with Crippen LogP contribution < -0.4 is 16.4 Å². The molecular formula is C15H14N4O. The van der Waals surface area contributed by atoms with Crippen LogP contribution in [0.5, 0.6) is 0 Å². The minimum atomic E-state index is -0.182. The molecule has 0 heterocycles. The molecule has 0 bridgehead atoms. The fourth-order valence-electron chi connectivity index (χ4n) is 1.77. The summed E-state index contributed by atoms with van der Waals surface area (Å²) >= 11 is 0. The zero-order valence-electron chi connectivity index (χ0n) is 11.0. The molecule has 1 amide bonds. The highest BCUT2D eigenvalue weighted by Crippen LogP contribution is 2.24. The van der Waals surface area contributed by atoms with E-state index in [1.54, 1.807) is 43.4 Å². The Kier molecular flexibility index (Phi) is 3.87. The molecule has 2 aromatic carbocycles. The monoisotopic (exact) mass is 266 g/mol. The highest BCUT2D eigenvalue weighted by atomic mass is 16.1. The van der Waals surface area contributed by atoms with E-state index in [0.29, 0.717) is 22.5 Å². The smallest absolute Gasteiger partial charge is 0.251 e. The molecule has 0 aliphatic rings. The van der Waals surface area contributed by atoms with Gasteiger partial charge in [0.15, 0.2) is 0 Å². The number of nitrogens with two attached hydrogens (primary N) is 1. The van der Waals surface area contributed by atoms with E-state index in [0.717, 1.165) is 5.69 Å².